The van der Waals surface area contributed by atoms with Crippen LogP contribution in [0.2, 0.25) is 0 Å². The number of benzene rings is 1. The van der Waals surface area contributed by atoms with Crippen LogP contribution in [0.4, 0.5) is 0 Å². The van der Waals surface area contributed by atoms with Gasteiger partial charge in [-0.05, 0) is 30.9 Å². The minimum Gasteiger partial charge on any atom is -0.345 e. The topological polar surface area (TPSA) is 86.9 Å². The molecule has 0 fully saturated rings. The predicted octanol–water partition coefficient (Wildman–Crippen LogP) is 2.90. The second-order valence-corrected chi connectivity index (χ2v) is 7.02. The van der Waals surface area contributed by atoms with Gasteiger partial charge in [-0.2, -0.15) is 11.8 Å². The zero-order valence-corrected chi connectivity index (χ0v) is 16.2. The first-order valence-electron chi connectivity index (χ1n) is 8.74. The average molecular weight is 375 g/mol. The number of aromatic amines is 1. The normalized spacial score (nSPS) is 13.0. The number of aromatic nitrogens is 2. The van der Waals surface area contributed by atoms with Crippen LogP contribution in [0.5, 0.6) is 0 Å². The molecular formula is C19H26N4O2S. The zero-order valence-electron chi connectivity index (χ0n) is 15.4. The Morgan fingerprint density at radius 2 is 1.96 bits per heavy atom. The molecule has 0 saturated carbocycles. The van der Waals surface area contributed by atoms with Crippen LogP contribution in [0.3, 0.4) is 0 Å². The third-order valence-electron chi connectivity index (χ3n) is 4.03. The molecule has 0 radical (unpaired) electrons. The molecule has 3 N–H and O–H groups in total. The number of thioether (sulfide) groups is 1. The molecule has 2 rings (SSSR count). The first kappa shape index (κ1) is 20.0. The molecular weight excluding hydrogens is 348 g/mol. The Bertz CT molecular complexity index is 717. The van der Waals surface area contributed by atoms with Crippen molar-refractivity contribution < 1.29 is 9.59 Å². The summed E-state index contributed by atoms with van der Waals surface area (Å²) in [6.45, 7) is 3.65. The van der Waals surface area contributed by atoms with Crippen LogP contribution in [0.25, 0.3) is 11.3 Å². The molecule has 0 aliphatic rings. The molecule has 7 heteroatoms. The summed E-state index contributed by atoms with van der Waals surface area (Å²) in [5.41, 5.74) is 1.94. The zero-order chi connectivity index (χ0) is 18.9. The van der Waals surface area contributed by atoms with E-state index in [0.29, 0.717) is 18.7 Å². The lowest BCUT2D eigenvalue weighted by Gasteiger charge is -2.20. The second-order valence-electron chi connectivity index (χ2n) is 6.03. The van der Waals surface area contributed by atoms with Gasteiger partial charge in [0.1, 0.15) is 11.9 Å². The van der Waals surface area contributed by atoms with Crippen molar-refractivity contribution in [2.24, 2.45) is 0 Å². The first-order valence-corrected chi connectivity index (χ1v) is 10.1. The van der Waals surface area contributed by atoms with Gasteiger partial charge in [0, 0.05) is 6.42 Å². The summed E-state index contributed by atoms with van der Waals surface area (Å²) < 4.78 is 0. The molecule has 26 heavy (non-hydrogen) atoms. The Kier molecular flexibility index (Phi) is 7.72. The summed E-state index contributed by atoms with van der Waals surface area (Å²) in [7, 11) is 0. The van der Waals surface area contributed by atoms with Gasteiger partial charge in [0.15, 0.2) is 0 Å². The van der Waals surface area contributed by atoms with E-state index in [9.17, 15) is 9.59 Å². The lowest BCUT2D eigenvalue weighted by molar-refractivity contribution is -0.129. The van der Waals surface area contributed by atoms with Gasteiger partial charge in [0.05, 0.1) is 17.9 Å². The second kappa shape index (κ2) is 10.0. The van der Waals surface area contributed by atoms with E-state index in [-0.39, 0.29) is 17.9 Å². The molecule has 2 amide bonds. The lowest BCUT2D eigenvalue weighted by atomic mass is 10.1. The van der Waals surface area contributed by atoms with Crippen molar-refractivity contribution in [3.05, 3.63) is 42.4 Å². The molecule has 1 aromatic carbocycles. The van der Waals surface area contributed by atoms with Crippen molar-refractivity contribution in [1.82, 2.24) is 20.6 Å². The molecule has 0 bridgehead atoms. The van der Waals surface area contributed by atoms with Crippen LogP contribution in [0.15, 0.2) is 36.5 Å². The third kappa shape index (κ3) is 5.62. The first-order chi connectivity index (χ1) is 12.5. The van der Waals surface area contributed by atoms with Gasteiger partial charge in [-0.15, -0.1) is 0 Å². The Labute approximate surface area is 158 Å². The Hall–Kier alpha value is -2.28. The van der Waals surface area contributed by atoms with E-state index in [1.165, 1.54) is 0 Å². The number of rotatable bonds is 9. The molecule has 2 atom stereocenters. The summed E-state index contributed by atoms with van der Waals surface area (Å²) in [6, 6.07) is 9.08. The molecule has 6 nitrogen and oxygen atoms in total. The molecule has 1 heterocycles. The van der Waals surface area contributed by atoms with Crippen molar-refractivity contribution >= 4 is 23.6 Å². The van der Waals surface area contributed by atoms with Gasteiger partial charge in [-0.25, -0.2) is 4.98 Å². The van der Waals surface area contributed by atoms with E-state index in [1.54, 1.807) is 24.9 Å². The number of imidazole rings is 1. The van der Waals surface area contributed by atoms with E-state index in [2.05, 4.69) is 20.6 Å². The number of amides is 2. The largest absolute Gasteiger partial charge is 0.345 e. The van der Waals surface area contributed by atoms with Crippen LogP contribution in [-0.4, -0.2) is 39.8 Å². The van der Waals surface area contributed by atoms with Crippen molar-refractivity contribution in [2.75, 3.05) is 12.0 Å². The van der Waals surface area contributed by atoms with Crippen LogP contribution < -0.4 is 10.6 Å². The van der Waals surface area contributed by atoms with Crippen LogP contribution in [0.1, 0.15) is 38.6 Å². The van der Waals surface area contributed by atoms with E-state index >= 15 is 0 Å². The third-order valence-corrected chi connectivity index (χ3v) is 4.68. The number of nitrogens with one attached hydrogen (secondary N) is 3. The van der Waals surface area contributed by atoms with Crippen molar-refractivity contribution in [3.8, 4) is 11.3 Å². The summed E-state index contributed by atoms with van der Waals surface area (Å²) in [5.74, 6) is 1.17. The lowest BCUT2D eigenvalue weighted by Crippen LogP contribution is -2.47. The standard InChI is InChI=1S/C19H26N4O2S/c1-4-17(24)22-15(10-11-26-3)19(25)21-13(2)18-20-12-16(23-18)14-8-6-5-7-9-14/h5-9,12-13,15H,4,10-11H2,1-3H3,(H,20,23)(H,21,25)(H,22,24)/t13-,15+/m0/s1. The van der Waals surface area contributed by atoms with Crippen LogP contribution in [-0.2, 0) is 9.59 Å². The minimum absolute atomic E-state index is 0.122. The maximum atomic E-state index is 12.6. The summed E-state index contributed by atoms with van der Waals surface area (Å²) >= 11 is 1.65. The molecule has 0 saturated heterocycles. The van der Waals surface area contributed by atoms with Crippen LogP contribution >= 0.6 is 11.8 Å². The summed E-state index contributed by atoms with van der Waals surface area (Å²) in [5, 5.41) is 5.74. The molecule has 0 aliphatic carbocycles. The van der Waals surface area contributed by atoms with E-state index in [0.717, 1.165) is 17.0 Å². The molecule has 1 aromatic heterocycles. The highest BCUT2D eigenvalue weighted by Gasteiger charge is 2.22. The van der Waals surface area contributed by atoms with Gasteiger partial charge >= 0.3 is 0 Å². The van der Waals surface area contributed by atoms with Crippen molar-refractivity contribution in [3.63, 3.8) is 0 Å². The highest BCUT2D eigenvalue weighted by molar-refractivity contribution is 7.98. The Morgan fingerprint density at radius 3 is 2.62 bits per heavy atom. The number of hydrogen-bond donors (Lipinski definition) is 3. The summed E-state index contributed by atoms with van der Waals surface area (Å²) in [6.07, 6.45) is 4.70. The smallest absolute Gasteiger partial charge is 0.243 e. The monoisotopic (exact) mass is 374 g/mol. The predicted molar refractivity (Wildman–Crippen MR) is 106 cm³/mol. The maximum absolute atomic E-state index is 12.6. The highest BCUT2D eigenvalue weighted by Crippen LogP contribution is 2.18. The number of H-pyrrole nitrogens is 1. The SMILES string of the molecule is CCC(=O)N[C@H](CCSC)C(=O)N[C@@H](C)c1ncc(-c2ccccc2)[nH]1. The number of hydrogen-bond acceptors (Lipinski definition) is 4. The molecule has 2 aromatic rings. The van der Waals surface area contributed by atoms with Gasteiger partial charge in [0.25, 0.3) is 0 Å². The highest BCUT2D eigenvalue weighted by atomic mass is 32.2. The van der Waals surface area contributed by atoms with E-state index in [4.69, 9.17) is 0 Å². The molecule has 140 valence electrons. The number of carbonyl (C=O) groups is 2. The molecule has 0 aliphatic heterocycles. The van der Waals surface area contributed by atoms with E-state index in [1.807, 2.05) is 43.5 Å². The molecule has 0 unspecified atom stereocenters. The quantitative estimate of drug-likeness (QED) is 0.630. The Morgan fingerprint density at radius 1 is 1.23 bits per heavy atom. The fourth-order valence-corrected chi connectivity index (χ4v) is 2.98. The van der Waals surface area contributed by atoms with E-state index < -0.39 is 6.04 Å². The summed E-state index contributed by atoms with van der Waals surface area (Å²) in [4.78, 5) is 31.9. The van der Waals surface area contributed by atoms with Gasteiger partial charge in [-0.3, -0.25) is 9.59 Å². The maximum Gasteiger partial charge on any atom is 0.243 e. The van der Waals surface area contributed by atoms with Crippen molar-refractivity contribution in [2.45, 2.75) is 38.8 Å². The van der Waals surface area contributed by atoms with Crippen molar-refractivity contribution in [1.29, 1.82) is 0 Å². The number of nitrogens with zero attached hydrogens (tertiary/aromatic N) is 1. The Balaban J connectivity index is 2.02. The minimum atomic E-state index is -0.527. The average Bonchev–Trinajstić information content (AvgIpc) is 3.15. The fourth-order valence-electron chi connectivity index (χ4n) is 2.50. The fraction of sp³-hybridized carbons (Fsp3) is 0.421. The number of carbonyl (C=O) groups excluding carboxylic acids is 2. The van der Waals surface area contributed by atoms with Crippen LogP contribution in [0, 0.1) is 0 Å². The van der Waals surface area contributed by atoms with Gasteiger partial charge in [-0.1, -0.05) is 37.3 Å². The molecule has 0 spiro atoms. The van der Waals surface area contributed by atoms with Gasteiger partial charge in [0.2, 0.25) is 11.8 Å². The van der Waals surface area contributed by atoms with Gasteiger partial charge < -0.3 is 15.6 Å².